The Balaban J connectivity index is 1.48. The maximum atomic E-state index is 12.6. The van der Waals surface area contributed by atoms with E-state index in [0.29, 0.717) is 23.5 Å². The van der Waals surface area contributed by atoms with Crippen LogP contribution in [-0.2, 0) is 20.1 Å². The Hall–Kier alpha value is -2.41. The van der Waals surface area contributed by atoms with E-state index in [-0.39, 0.29) is 5.56 Å². The number of aromatic nitrogens is 4. The second-order valence-corrected chi connectivity index (χ2v) is 6.56. The highest BCUT2D eigenvalue weighted by molar-refractivity contribution is 5.71. The second-order valence-electron chi connectivity index (χ2n) is 6.56. The molecule has 7 heteroatoms. The standard InChI is InChI=1S/C17H21N5O2/c1-20-11-15-16(19-20)17(23)22(12-18-15)9-13-4-2-6-21(8-13)10-14-5-3-7-24-14/h3,5,7,11-13H,2,4,6,8-10H2,1H3. The van der Waals surface area contributed by atoms with Crippen LogP contribution in [0.4, 0.5) is 0 Å². The number of piperidine rings is 1. The fourth-order valence-electron chi connectivity index (χ4n) is 3.52. The van der Waals surface area contributed by atoms with Gasteiger partial charge in [-0.05, 0) is 37.4 Å². The van der Waals surface area contributed by atoms with Crippen LogP contribution in [0.1, 0.15) is 18.6 Å². The Morgan fingerprint density at radius 3 is 3.17 bits per heavy atom. The highest BCUT2D eigenvalue weighted by atomic mass is 16.3. The van der Waals surface area contributed by atoms with Gasteiger partial charge in [-0.3, -0.25) is 18.9 Å². The molecule has 0 aromatic carbocycles. The fourth-order valence-corrected chi connectivity index (χ4v) is 3.52. The minimum atomic E-state index is -0.0521. The van der Waals surface area contributed by atoms with Gasteiger partial charge < -0.3 is 4.42 Å². The quantitative estimate of drug-likeness (QED) is 0.728. The molecule has 0 N–H and O–H groups in total. The molecule has 0 radical (unpaired) electrons. The zero-order valence-corrected chi connectivity index (χ0v) is 13.8. The van der Waals surface area contributed by atoms with Gasteiger partial charge in [-0.25, -0.2) is 4.98 Å². The summed E-state index contributed by atoms with van der Waals surface area (Å²) in [6.07, 6.45) is 7.40. The van der Waals surface area contributed by atoms with Crippen LogP contribution in [0.5, 0.6) is 0 Å². The molecule has 7 nitrogen and oxygen atoms in total. The van der Waals surface area contributed by atoms with E-state index < -0.39 is 0 Å². The van der Waals surface area contributed by atoms with Crippen molar-refractivity contribution in [2.24, 2.45) is 13.0 Å². The van der Waals surface area contributed by atoms with Gasteiger partial charge in [0.05, 0.1) is 25.3 Å². The Morgan fingerprint density at radius 2 is 2.33 bits per heavy atom. The SMILES string of the molecule is Cn1cc2ncn(CC3CCCN(Cc4ccco4)C3)c(=O)c2n1. The first-order valence-corrected chi connectivity index (χ1v) is 8.32. The molecule has 3 aromatic heterocycles. The van der Waals surface area contributed by atoms with E-state index in [0.717, 1.165) is 38.2 Å². The minimum Gasteiger partial charge on any atom is -0.468 e. The van der Waals surface area contributed by atoms with Gasteiger partial charge in [0.1, 0.15) is 11.3 Å². The highest BCUT2D eigenvalue weighted by Crippen LogP contribution is 2.20. The molecule has 1 saturated heterocycles. The first kappa shape index (κ1) is 15.1. The Kier molecular flexibility index (Phi) is 3.93. The molecule has 0 bridgehead atoms. The first-order chi connectivity index (χ1) is 11.7. The fraction of sp³-hybridized carbons (Fsp3) is 0.471. The van der Waals surface area contributed by atoms with Crippen molar-refractivity contribution in [2.75, 3.05) is 13.1 Å². The van der Waals surface area contributed by atoms with Gasteiger partial charge >= 0.3 is 0 Å². The smallest absolute Gasteiger partial charge is 0.281 e. The average Bonchev–Trinajstić information content (AvgIpc) is 3.20. The summed E-state index contributed by atoms with van der Waals surface area (Å²) in [5.41, 5.74) is 1.05. The summed E-state index contributed by atoms with van der Waals surface area (Å²) in [6, 6.07) is 3.93. The first-order valence-electron chi connectivity index (χ1n) is 8.32. The number of aryl methyl sites for hydroxylation is 1. The van der Waals surface area contributed by atoms with E-state index in [4.69, 9.17) is 4.42 Å². The van der Waals surface area contributed by atoms with Crippen molar-refractivity contribution in [3.05, 3.63) is 47.0 Å². The van der Waals surface area contributed by atoms with Crippen molar-refractivity contribution in [3.8, 4) is 0 Å². The van der Waals surface area contributed by atoms with Crippen molar-refractivity contribution in [3.63, 3.8) is 0 Å². The van der Waals surface area contributed by atoms with Crippen molar-refractivity contribution in [1.29, 1.82) is 0 Å². The van der Waals surface area contributed by atoms with Gasteiger partial charge in [-0.1, -0.05) is 0 Å². The maximum absolute atomic E-state index is 12.6. The third-order valence-electron chi connectivity index (χ3n) is 4.63. The largest absolute Gasteiger partial charge is 0.468 e. The topological polar surface area (TPSA) is 69.1 Å². The Labute approximate surface area is 139 Å². The summed E-state index contributed by atoms with van der Waals surface area (Å²) in [5.74, 6) is 1.43. The van der Waals surface area contributed by atoms with Crippen LogP contribution in [0.2, 0.25) is 0 Å². The molecule has 1 aliphatic heterocycles. The van der Waals surface area contributed by atoms with Crippen LogP contribution in [0.3, 0.4) is 0 Å². The summed E-state index contributed by atoms with van der Waals surface area (Å²) in [6.45, 7) is 3.56. The summed E-state index contributed by atoms with van der Waals surface area (Å²) < 4.78 is 8.78. The predicted octanol–water partition coefficient (Wildman–Crippen LogP) is 1.64. The molecule has 0 spiro atoms. The lowest BCUT2D eigenvalue weighted by Crippen LogP contribution is -2.38. The minimum absolute atomic E-state index is 0.0521. The summed E-state index contributed by atoms with van der Waals surface area (Å²) in [7, 11) is 1.80. The number of rotatable bonds is 4. The number of furan rings is 1. The van der Waals surface area contributed by atoms with Crippen molar-refractivity contribution < 1.29 is 4.42 Å². The van der Waals surface area contributed by atoms with Gasteiger partial charge in [-0.15, -0.1) is 0 Å². The summed E-state index contributed by atoms with van der Waals surface area (Å²) in [5, 5.41) is 4.23. The molecular formula is C17H21N5O2. The van der Waals surface area contributed by atoms with E-state index in [1.54, 1.807) is 35.1 Å². The molecular weight excluding hydrogens is 306 g/mol. The third kappa shape index (κ3) is 2.99. The molecule has 24 heavy (non-hydrogen) atoms. The third-order valence-corrected chi connectivity index (χ3v) is 4.63. The van der Waals surface area contributed by atoms with E-state index in [2.05, 4.69) is 15.0 Å². The lowest BCUT2D eigenvalue weighted by atomic mass is 9.98. The monoisotopic (exact) mass is 327 g/mol. The molecule has 0 saturated carbocycles. The molecule has 1 fully saturated rings. The molecule has 0 aliphatic carbocycles. The average molecular weight is 327 g/mol. The molecule has 1 aliphatic rings. The van der Waals surface area contributed by atoms with Crippen LogP contribution in [0, 0.1) is 5.92 Å². The van der Waals surface area contributed by atoms with Crippen molar-refractivity contribution >= 4 is 11.0 Å². The number of nitrogens with zero attached hydrogens (tertiary/aromatic N) is 5. The molecule has 1 unspecified atom stereocenters. The van der Waals surface area contributed by atoms with E-state index in [1.807, 2.05) is 12.1 Å². The van der Waals surface area contributed by atoms with Gasteiger partial charge in [0, 0.05) is 20.1 Å². The summed E-state index contributed by atoms with van der Waals surface area (Å²) in [4.78, 5) is 19.3. The number of fused-ring (bicyclic) bond motifs is 1. The van der Waals surface area contributed by atoms with Gasteiger partial charge in [0.2, 0.25) is 0 Å². The zero-order valence-electron chi connectivity index (χ0n) is 13.8. The van der Waals surface area contributed by atoms with Crippen LogP contribution >= 0.6 is 0 Å². The maximum Gasteiger partial charge on any atom is 0.281 e. The van der Waals surface area contributed by atoms with Crippen molar-refractivity contribution in [1.82, 2.24) is 24.2 Å². The molecule has 1 atom stereocenters. The number of hydrogen-bond acceptors (Lipinski definition) is 5. The Morgan fingerprint density at radius 1 is 1.42 bits per heavy atom. The van der Waals surface area contributed by atoms with Gasteiger partial charge in [0.15, 0.2) is 5.52 Å². The van der Waals surface area contributed by atoms with Gasteiger partial charge in [0.25, 0.3) is 5.56 Å². The number of hydrogen-bond donors (Lipinski definition) is 0. The lowest BCUT2D eigenvalue weighted by molar-refractivity contribution is 0.146. The van der Waals surface area contributed by atoms with Crippen LogP contribution in [0.15, 0.2) is 40.1 Å². The number of likely N-dealkylation sites (tertiary alicyclic amines) is 1. The van der Waals surface area contributed by atoms with E-state index >= 15 is 0 Å². The molecule has 4 heterocycles. The van der Waals surface area contributed by atoms with Crippen LogP contribution < -0.4 is 5.56 Å². The second kappa shape index (κ2) is 6.24. The van der Waals surface area contributed by atoms with Crippen LogP contribution in [0.25, 0.3) is 11.0 Å². The molecule has 3 aromatic rings. The lowest BCUT2D eigenvalue weighted by Gasteiger charge is -2.32. The van der Waals surface area contributed by atoms with Gasteiger partial charge in [-0.2, -0.15) is 5.10 Å². The van der Waals surface area contributed by atoms with Crippen LogP contribution in [-0.4, -0.2) is 37.3 Å². The zero-order chi connectivity index (χ0) is 16.5. The predicted molar refractivity (Wildman–Crippen MR) is 89.5 cm³/mol. The highest BCUT2D eigenvalue weighted by Gasteiger charge is 2.22. The molecule has 4 rings (SSSR count). The molecule has 0 amide bonds. The molecule has 126 valence electrons. The van der Waals surface area contributed by atoms with E-state index in [1.165, 1.54) is 0 Å². The summed E-state index contributed by atoms with van der Waals surface area (Å²) >= 11 is 0. The normalized spacial score (nSPS) is 19.1. The van der Waals surface area contributed by atoms with Crippen molar-refractivity contribution in [2.45, 2.75) is 25.9 Å². The van der Waals surface area contributed by atoms with E-state index in [9.17, 15) is 4.79 Å². The Bertz CT molecular complexity index is 880.